The molecule has 2 N–H and O–H groups in total. The first kappa shape index (κ1) is 19.4. The third kappa shape index (κ3) is 3.97. The normalized spacial score (nSPS) is 10.9. The summed E-state index contributed by atoms with van der Waals surface area (Å²) < 4.78 is 7.47. The summed E-state index contributed by atoms with van der Waals surface area (Å²) in [7, 11) is 5.86. The Morgan fingerprint density at radius 2 is 2.04 bits per heavy atom. The van der Waals surface area contributed by atoms with Gasteiger partial charge in [-0.1, -0.05) is 6.07 Å². The molecule has 0 aliphatic carbocycles. The zero-order valence-corrected chi connectivity index (χ0v) is 16.6. The number of rotatable bonds is 6. The summed E-state index contributed by atoms with van der Waals surface area (Å²) >= 11 is 0. The van der Waals surface area contributed by atoms with E-state index in [-0.39, 0.29) is 5.82 Å². The fourth-order valence-corrected chi connectivity index (χ4v) is 3.12. The van der Waals surface area contributed by atoms with Gasteiger partial charge in [0.15, 0.2) is 0 Å². The lowest BCUT2D eigenvalue weighted by Crippen LogP contribution is -2.12. The van der Waals surface area contributed by atoms with Gasteiger partial charge >= 0.3 is 0 Å². The standard InChI is InChI=1S/C21H24N6O/c1-5-28-20-7-6-14(8-15(20)12-26(2)3)17-9-19(16-11-24-27(4)13-16)25-21(23)18(17)10-22/h6-9,11,13H,5,12H2,1-4H3,(H2,23,25). The molecule has 2 heterocycles. The summed E-state index contributed by atoms with van der Waals surface area (Å²) in [6, 6.07) is 10.0. The van der Waals surface area contributed by atoms with Crippen LogP contribution in [0.4, 0.5) is 5.82 Å². The molecule has 0 aliphatic heterocycles. The molecule has 0 fully saturated rings. The highest BCUT2D eigenvalue weighted by molar-refractivity contribution is 5.80. The van der Waals surface area contributed by atoms with Crippen molar-refractivity contribution in [3.63, 3.8) is 0 Å². The van der Waals surface area contributed by atoms with Crippen molar-refractivity contribution >= 4 is 5.82 Å². The summed E-state index contributed by atoms with van der Waals surface area (Å²) in [6.07, 6.45) is 3.60. The predicted octanol–water partition coefficient (Wildman–Crippen LogP) is 3.06. The van der Waals surface area contributed by atoms with Crippen molar-refractivity contribution in [2.45, 2.75) is 13.5 Å². The number of nitrogens with two attached hydrogens (primary N) is 1. The number of nitrogen functional groups attached to an aromatic ring is 1. The Kier molecular flexibility index (Phi) is 5.62. The molecule has 0 radical (unpaired) electrons. The average molecular weight is 376 g/mol. The SMILES string of the molecule is CCOc1ccc(-c2cc(-c3cnn(C)c3)nc(N)c2C#N)cc1CN(C)C. The molecule has 0 unspecified atom stereocenters. The smallest absolute Gasteiger partial charge is 0.142 e. The van der Waals surface area contributed by atoms with Gasteiger partial charge in [-0.05, 0) is 44.8 Å². The first-order valence-corrected chi connectivity index (χ1v) is 9.03. The topological polar surface area (TPSA) is 93.0 Å². The van der Waals surface area contributed by atoms with Gasteiger partial charge in [-0.2, -0.15) is 10.4 Å². The largest absolute Gasteiger partial charge is 0.494 e. The van der Waals surface area contributed by atoms with Crippen molar-refractivity contribution in [2.24, 2.45) is 7.05 Å². The highest BCUT2D eigenvalue weighted by Crippen LogP contribution is 2.34. The van der Waals surface area contributed by atoms with E-state index in [1.807, 2.05) is 58.5 Å². The second-order valence-corrected chi connectivity index (χ2v) is 6.82. The molecular weight excluding hydrogens is 352 g/mol. The van der Waals surface area contributed by atoms with Crippen LogP contribution >= 0.6 is 0 Å². The number of nitrogens with zero attached hydrogens (tertiary/aromatic N) is 5. The van der Waals surface area contributed by atoms with Crippen LogP contribution in [0.2, 0.25) is 0 Å². The number of nitriles is 1. The molecule has 0 saturated carbocycles. The van der Waals surface area contributed by atoms with Crippen molar-refractivity contribution in [3.05, 3.63) is 47.8 Å². The lowest BCUT2D eigenvalue weighted by atomic mass is 9.97. The van der Waals surface area contributed by atoms with Crippen molar-refractivity contribution in [1.82, 2.24) is 19.7 Å². The van der Waals surface area contributed by atoms with Gasteiger partial charge in [0, 0.05) is 36.5 Å². The van der Waals surface area contributed by atoms with Crippen LogP contribution in [-0.2, 0) is 13.6 Å². The van der Waals surface area contributed by atoms with Crippen molar-refractivity contribution in [1.29, 1.82) is 5.26 Å². The van der Waals surface area contributed by atoms with Crippen molar-refractivity contribution < 1.29 is 4.74 Å². The lowest BCUT2D eigenvalue weighted by Gasteiger charge is -2.17. The lowest BCUT2D eigenvalue weighted by molar-refractivity contribution is 0.325. The summed E-state index contributed by atoms with van der Waals surface area (Å²) in [5.74, 6) is 1.05. The first-order chi connectivity index (χ1) is 13.4. The molecule has 144 valence electrons. The van der Waals surface area contributed by atoms with Gasteiger partial charge < -0.3 is 15.4 Å². The van der Waals surface area contributed by atoms with E-state index in [9.17, 15) is 5.26 Å². The molecule has 0 bridgehead atoms. The highest BCUT2D eigenvalue weighted by Gasteiger charge is 2.16. The minimum atomic E-state index is 0.210. The van der Waals surface area contributed by atoms with E-state index in [0.717, 1.165) is 34.5 Å². The van der Waals surface area contributed by atoms with E-state index < -0.39 is 0 Å². The third-order valence-electron chi connectivity index (χ3n) is 4.32. The molecule has 28 heavy (non-hydrogen) atoms. The van der Waals surface area contributed by atoms with Crippen molar-refractivity contribution in [2.75, 3.05) is 26.4 Å². The van der Waals surface area contributed by atoms with Crippen LogP contribution in [0.1, 0.15) is 18.1 Å². The monoisotopic (exact) mass is 376 g/mol. The summed E-state index contributed by atoms with van der Waals surface area (Å²) in [4.78, 5) is 6.48. The summed E-state index contributed by atoms with van der Waals surface area (Å²) in [5, 5.41) is 13.9. The third-order valence-corrected chi connectivity index (χ3v) is 4.32. The molecule has 7 heteroatoms. The Morgan fingerprint density at radius 3 is 2.64 bits per heavy atom. The minimum absolute atomic E-state index is 0.210. The fourth-order valence-electron chi connectivity index (χ4n) is 3.12. The van der Waals surface area contributed by atoms with Gasteiger partial charge in [0.25, 0.3) is 0 Å². The Morgan fingerprint density at radius 1 is 1.25 bits per heavy atom. The molecule has 3 aromatic rings. The zero-order chi connectivity index (χ0) is 20.3. The molecule has 0 spiro atoms. The van der Waals surface area contributed by atoms with Crippen molar-refractivity contribution in [3.8, 4) is 34.2 Å². The molecular formula is C21H24N6O. The molecule has 0 atom stereocenters. The molecule has 1 aromatic carbocycles. The maximum Gasteiger partial charge on any atom is 0.142 e. The maximum atomic E-state index is 9.66. The van der Waals surface area contributed by atoms with Crippen LogP contribution in [0.5, 0.6) is 5.75 Å². The molecule has 7 nitrogen and oxygen atoms in total. The Labute approximate surface area is 165 Å². The first-order valence-electron chi connectivity index (χ1n) is 9.03. The van der Waals surface area contributed by atoms with Gasteiger partial charge in [-0.3, -0.25) is 4.68 Å². The Balaban J connectivity index is 2.16. The van der Waals surface area contributed by atoms with Gasteiger partial charge in [0.2, 0.25) is 0 Å². The van der Waals surface area contributed by atoms with Crippen LogP contribution < -0.4 is 10.5 Å². The molecule has 0 saturated heterocycles. The van der Waals surface area contributed by atoms with Gasteiger partial charge in [0.05, 0.1) is 18.5 Å². The van der Waals surface area contributed by atoms with E-state index in [4.69, 9.17) is 10.5 Å². The van der Waals surface area contributed by atoms with Crippen LogP contribution in [0, 0.1) is 11.3 Å². The average Bonchev–Trinajstić information content (AvgIpc) is 3.08. The molecule has 0 aliphatic rings. The second-order valence-electron chi connectivity index (χ2n) is 6.82. The number of aromatic nitrogens is 3. The summed E-state index contributed by atoms with van der Waals surface area (Å²) in [5.41, 5.74) is 10.7. The summed E-state index contributed by atoms with van der Waals surface area (Å²) in [6.45, 7) is 3.28. The van der Waals surface area contributed by atoms with Gasteiger partial charge in [-0.25, -0.2) is 4.98 Å². The van der Waals surface area contributed by atoms with Crippen LogP contribution in [0.3, 0.4) is 0 Å². The van der Waals surface area contributed by atoms with Crippen LogP contribution in [0.25, 0.3) is 22.4 Å². The number of anilines is 1. The fraction of sp³-hybridized carbons (Fsp3) is 0.286. The molecule has 0 amide bonds. The second kappa shape index (κ2) is 8.11. The van der Waals surface area contributed by atoms with E-state index in [1.165, 1.54) is 0 Å². The number of pyridine rings is 1. The minimum Gasteiger partial charge on any atom is -0.494 e. The number of hydrogen-bond acceptors (Lipinski definition) is 6. The number of hydrogen-bond donors (Lipinski definition) is 1. The van der Waals surface area contributed by atoms with E-state index in [2.05, 4.69) is 21.1 Å². The zero-order valence-electron chi connectivity index (χ0n) is 16.6. The molecule has 3 rings (SSSR count). The maximum absolute atomic E-state index is 9.66. The van der Waals surface area contributed by atoms with E-state index in [0.29, 0.717) is 17.9 Å². The van der Waals surface area contributed by atoms with Gasteiger partial charge in [-0.15, -0.1) is 0 Å². The predicted molar refractivity (Wildman–Crippen MR) is 110 cm³/mol. The quantitative estimate of drug-likeness (QED) is 0.711. The van der Waals surface area contributed by atoms with E-state index >= 15 is 0 Å². The Hall–Kier alpha value is -3.37. The van der Waals surface area contributed by atoms with Crippen LogP contribution in [-0.4, -0.2) is 40.4 Å². The number of ether oxygens (including phenoxy) is 1. The van der Waals surface area contributed by atoms with Crippen LogP contribution in [0.15, 0.2) is 36.7 Å². The molecule has 2 aromatic heterocycles. The van der Waals surface area contributed by atoms with E-state index in [1.54, 1.807) is 10.9 Å². The Bertz CT molecular complexity index is 1030. The number of aryl methyl sites for hydroxylation is 1. The van der Waals surface area contributed by atoms with Gasteiger partial charge in [0.1, 0.15) is 23.2 Å². The number of benzene rings is 1. The highest BCUT2D eigenvalue weighted by atomic mass is 16.5.